The minimum Gasteiger partial charge on any atom is -0.390 e. The molecule has 0 aromatic heterocycles. The lowest BCUT2D eigenvalue weighted by atomic mass is 9.66. The van der Waals surface area contributed by atoms with Crippen molar-refractivity contribution in [1.82, 2.24) is 5.32 Å². The van der Waals surface area contributed by atoms with Gasteiger partial charge in [-0.15, -0.1) is 0 Å². The Hall–Kier alpha value is -0.0800. The van der Waals surface area contributed by atoms with Gasteiger partial charge in [-0.3, -0.25) is 0 Å². The van der Waals surface area contributed by atoms with E-state index in [-0.39, 0.29) is 5.60 Å². The van der Waals surface area contributed by atoms with Crippen LogP contribution in [0.15, 0.2) is 0 Å². The van der Waals surface area contributed by atoms with Crippen molar-refractivity contribution in [3.63, 3.8) is 0 Å². The minimum atomic E-state index is -0.289. The highest BCUT2D eigenvalue weighted by atomic mass is 16.3. The van der Waals surface area contributed by atoms with Crippen LogP contribution < -0.4 is 5.32 Å². The molecule has 2 aliphatic rings. The second kappa shape index (κ2) is 4.84. The molecule has 0 amide bonds. The molecule has 0 radical (unpaired) electrons. The average molecular weight is 211 g/mol. The summed E-state index contributed by atoms with van der Waals surface area (Å²) in [6.07, 6.45) is 9.49. The lowest BCUT2D eigenvalue weighted by Gasteiger charge is -2.45. The highest BCUT2D eigenvalue weighted by Crippen LogP contribution is 2.44. The van der Waals surface area contributed by atoms with Crippen LogP contribution in [0.3, 0.4) is 0 Å². The molecule has 2 aliphatic carbocycles. The van der Waals surface area contributed by atoms with E-state index in [2.05, 4.69) is 12.2 Å². The zero-order chi connectivity index (χ0) is 10.7. The zero-order valence-corrected chi connectivity index (χ0v) is 9.97. The van der Waals surface area contributed by atoms with Crippen LogP contribution in [-0.4, -0.2) is 23.3 Å². The van der Waals surface area contributed by atoms with Crippen molar-refractivity contribution in [2.75, 3.05) is 6.54 Å². The molecule has 0 aliphatic heterocycles. The third kappa shape index (κ3) is 2.54. The summed E-state index contributed by atoms with van der Waals surface area (Å²) >= 11 is 0. The van der Waals surface area contributed by atoms with E-state index in [1.807, 2.05) is 0 Å². The van der Waals surface area contributed by atoms with Gasteiger partial charge in [-0.25, -0.2) is 0 Å². The van der Waals surface area contributed by atoms with Crippen LogP contribution in [0.4, 0.5) is 0 Å². The zero-order valence-electron chi connectivity index (χ0n) is 9.97. The third-order valence-corrected chi connectivity index (χ3v) is 4.40. The van der Waals surface area contributed by atoms with Crippen molar-refractivity contribution in [2.45, 2.75) is 69.9 Å². The summed E-state index contributed by atoms with van der Waals surface area (Å²) in [5.41, 5.74) is -0.289. The summed E-state index contributed by atoms with van der Waals surface area (Å²) in [6.45, 7) is 3.34. The second-order valence-corrected chi connectivity index (χ2v) is 5.46. The number of aliphatic hydroxyl groups is 1. The summed E-state index contributed by atoms with van der Waals surface area (Å²) in [5, 5.41) is 14.1. The van der Waals surface area contributed by atoms with Gasteiger partial charge in [-0.05, 0) is 57.4 Å². The first-order valence-electron chi connectivity index (χ1n) is 6.70. The number of rotatable bonds is 4. The van der Waals surface area contributed by atoms with Crippen molar-refractivity contribution < 1.29 is 5.11 Å². The van der Waals surface area contributed by atoms with Crippen LogP contribution >= 0.6 is 0 Å². The molecule has 2 nitrogen and oxygen atoms in total. The van der Waals surface area contributed by atoms with E-state index in [0.29, 0.717) is 12.0 Å². The molecule has 2 rings (SSSR count). The lowest BCUT2D eigenvalue weighted by Crippen LogP contribution is -2.48. The number of hydrogen-bond acceptors (Lipinski definition) is 2. The Morgan fingerprint density at radius 3 is 2.33 bits per heavy atom. The van der Waals surface area contributed by atoms with E-state index in [1.165, 1.54) is 38.5 Å². The minimum absolute atomic E-state index is 0.289. The highest BCUT2D eigenvalue weighted by Gasteiger charge is 2.42. The molecule has 0 heterocycles. The topological polar surface area (TPSA) is 32.3 Å². The predicted molar refractivity (Wildman–Crippen MR) is 62.8 cm³/mol. The van der Waals surface area contributed by atoms with Crippen molar-refractivity contribution in [3.8, 4) is 0 Å². The van der Waals surface area contributed by atoms with Crippen molar-refractivity contribution >= 4 is 0 Å². The van der Waals surface area contributed by atoms with Crippen LogP contribution in [0.2, 0.25) is 0 Å². The van der Waals surface area contributed by atoms with Gasteiger partial charge >= 0.3 is 0 Å². The van der Waals surface area contributed by atoms with E-state index in [4.69, 9.17) is 0 Å². The van der Waals surface area contributed by atoms with Crippen LogP contribution in [0.25, 0.3) is 0 Å². The first-order valence-corrected chi connectivity index (χ1v) is 6.70. The first kappa shape index (κ1) is 11.4. The molecule has 15 heavy (non-hydrogen) atoms. The van der Waals surface area contributed by atoms with E-state index >= 15 is 0 Å². The molecule has 0 aromatic rings. The van der Waals surface area contributed by atoms with E-state index in [9.17, 15) is 5.11 Å². The van der Waals surface area contributed by atoms with E-state index < -0.39 is 0 Å². The van der Waals surface area contributed by atoms with Gasteiger partial charge in [0, 0.05) is 6.04 Å². The normalized spacial score (nSPS) is 37.6. The summed E-state index contributed by atoms with van der Waals surface area (Å²) < 4.78 is 0. The molecule has 88 valence electrons. The maximum absolute atomic E-state index is 10.5. The molecule has 0 bridgehead atoms. The van der Waals surface area contributed by atoms with Gasteiger partial charge in [0.05, 0.1) is 5.60 Å². The van der Waals surface area contributed by atoms with Gasteiger partial charge < -0.3 is 10.4 Å². The fourth-order valence-electron chi connectivity index (χ4n) is 3.02. The molecule has 0 aromatic carbocycles. The molecule has 2 N–H and O–H groups in total. The Labute approximate surface area is 93.5 Å². The average Bonchev–Trinajstić information content (AvgIpc) is 2.14. The Morgan fingerprint density at radius 1 is 1.20 bits per heavy atom. The molecule has 2 fully saturated rings. The fraction of sp³-hybridized carbons (Fsp3) is 1.00. The maximum atomic E-state index is 10.5. The Balaban J connectivity index is 1.75. The van der Waals surface area contributed by atoms with Gasteiger partial charge in [-0.2, -0.15) is 0 Å². The van der Waals surface area contributed by atoms with Gasteiger partial charge in [0.1, 0.15) is 0 Å². The van der Waals surface area contributed by atoms with Crippen molar-refractivity contribution in [2.24, 2.45) is 5.92 Å². The van der Waals surface area contributed by atoms with Crippen LogP contribution in [0, 0.1) is 5.92 Å². The van der Waals surface area contributed by atoms with Crippen molar-refractivity contribution in [3.05, 3.63) is 0 Å². The number of nitrogens with one attached hydrogen (secondary N) is 1. The van der Waals surface area contributed by atoms with Gasteiger partial charge in [0.25, 0.3) is 0 Å². The molecule has 2 saturated carbocycles. The molecular weight excluding hydrogens is 186 g/mol. The summed E-state index contributed by atoms with van der Waals surface area (Å²) in [4.78, 5) is 0. The van der Waals surface area contributed by atoms with Gasteiger partial charge in [-0.1, -0.05) is 13.3 Å². The second-order valence-electron chi connectivity index (χ2n) is 5.46. The summed E-state index contributed by atoms with van der Waals surface area (Å²) in [7, 11) is 0. The first-order chi connectivity index (χ1) is 7.24. The monoisotopic (exact) mass is 211 g/mol. The molecule has 2 heteroatoms. The van der Waals surface area contributed by atoms with Crippen LogP contribution in [0.5, 0.6) is 0 Å². The number of hydrogen-bond donors (Lipinski definition) is 2. The molecule has 0 spiro atoms. The smallest absolute Gasteiger partial charge is 0.0677 e. The van der Waals surface area contributed by atoms with Crippen LogP contribution in [-0.2, 0) is 0 Å². The quantitative estimate of drug-likeness (QED) is 0.748. The lowest BCUT2D eigenvalue weighted by molar-refractivity contribution is -0.0809. The summed E-state index contributed by atoms with van der Waals surface area (Å²) in [6, 6.07) is 0.672. The van der Waals surface area contributed by atoms with Crippen molar-refractivity contribution in [1.29, 1.82) is 0 Å². The fourth-order valence-corrected chi connectivity index (χ4v) is 3.02. The largest absolute Gasteiger partial charge is 0.390 e. The Bertz CT molecular complexity index is 193. The maximum Gasteiger partial charge on any atom is 0.0677 e. The predicted octanol–water partition coefficient (Wildman–Crippen LogP) is 2.46. The van der Waals surface area contributed by atoms with E-state index in [0.717, 1.165) is 19.4 Å². The Kier molecular flexibility index (Phi) is 3.68. The van der Waals surface area contributed by atoms with Crippen LogP contribution in [0.1, 0.15) is 58.3 Å². The van der Waals surface area contributed by atoms with E-state index in [1.54, 1.807) is 0 Å². The standard InChI is InChI=1S/C13H25NO/c1-2-10-14-12-6-8-13(15,9-7-12)11-4-3-5-11/h11-12,14-15H,2-10H2,1H3. The summed E-state index contributed by atoms with van der Waals surface area (Å²) in [5.74, 6) is 0.629. The molecule has 0 atom stereocenters. The Morgan fingerprint density at radius 2 is 1.87 bits per heavy atom. The third-order valence-electron chi connectivity index (χ3n) is 4.40. The van der Waals surface area contributed by atoms with Gasteiger partial charge in [0.2, 0.25) is 0 Å². The SMILES string of the molecule is CCCNC1CCC(O)(C2CCC2)CC1. The molecule has 0 saturated heterocycles. The highest BCUT2D eigenvalue weighted by molar-refractivity contribution is 4.95. The molecule has 0 unspecified atom stereocenters. The molecular formula is C13H25NO. The van der Waals surface area contributed by atoms with Gasteiger partial charge in [0.15, 0.2) is 0 Å².